The van der Waals surface area contributed by atoms with Crippen LogP contribution < -0.4 is 15.8 Å². The third-order valence-corrected chi connectivity index (χ3v) is 3.67. The molecule has 7 heteroatoms. The van der Waals surface area contributed by atoms with E-state index in [0.717, 1.165) is 5.56 Å². The van der Waals surface area contributed by atoms with Crippen LogP contribution in [0.4, 0.5) is 5.69 Å². The second-order valence-corrected chi connectivity index (χ2v) is 5.51. The van der Waals surface area contributed by atoms with Crippen LogP contribution in [0.2, 0.25) is 0 Å². The maximum atomic E-state index is 12.3. The molecule has 3 rings (SSSR count). The van der Waals surface area contributed by atoms with Gasteiger partial charge in [-0.1, -0.05) is 18.2 Å². The molecule has 0 saturated heterocycles. The molecule has 0 aliphatic carbocycles. The van der Waals surface area contributed by atoms with Gasteiger partial charge < -0.3 is 20.2 Å². The number of carbonyl (C=O) groups excluding carboxylic acids is 2. The van der Waals surface area contributed by atoms with Crippen molar-refractivity contribution < 1.29 is 18.7 Å². The smallest absolute Gasteiger partial charge is 0.248 e. The first-order valence-electron chi connectivity index (χ1n) is 7.84. The quantitative estimate of drug-likeness (QED) is 0.710. The van der Waals surface area contributed by atoms with E-state index in [4.69, 9.17) is 14.9 Å². The first-order valence-corrected chi connectivity index (χ1v) is 7.84. The standard InChI is InChI=1S/C19H17N3O4/c1-25-16-8-7-13(18(20)24)9-15(16)22-17(23)10-14-11-26-19(21-14)12-5-3-2-4-6-12/h2-9,11H,10H2,1H3,(H2,20,24)(H,22,23). The van der Waals surface area contributed by atoms with Gasteiger partial charge in [0.15, 0.2) is 0 Å². The molecule has 132 valence electrons. The van der Waals surface area contributed by atoms with Crippen LogP contribution in [0.1, 0.15) is 16.1 Å². The number of carbonyl (C=O) groups is 2. The molecule has 2 aromatic carbocycles. The van der Waals surface area contributed by atoms with E-state index in [9.17, 15) is 9.59 Å². The SMILES string of the molecule is COc1ccc(C(N)=O)cc1NC(=O)Cc1coc(-c2ccccc2)n1. The van der Waals surface area contributed by atoms with Gasteiger partial charge in [0.2, 0.25) is 17.7 Å². The minimum atomic E-state index is -0.591. The predicted molar refractivity (Wildman–Crippen MR) is 95.8 cm³/mol. The number of nitrogens with one attached hydrogen (secondary N) is 1. The number of aromatic nitrogens is 1. The van der Waals surface area contributed by atoms with E-state index < -0.39 is 5.91 Å². The van der Waals surface area contributed by atoms with Crippen molar-refractivity contribution >= 4 is 17.5 Å². The van der Waals surface area contributed by atoms with E-state index >= 15 is 0 Å². The highest BCUT2D eigenvalue weighted by atomic mass is 16.5. The van der Waals surface area contributed by atoms with Gasteiger partial charge in [-0.2, -0.15) is 0 Å². The lowest BCUT2D eigenvalue weighted by molar-refractivity contribution is -0.115. The summed E-state index contributed by atoms with van der Waals surface area (Å²) < 4.78 is 10.6. The third kappa shape index (κ3) is 3.89. The Hall–Kier alpha value is -3.61. The summed E-state index contributed by atoms with van der Waals surface area (Å²) in [5.74, 6) is -0.0415. The number of hydrogen-bond donors (Lipinski definition) is 2. The first kappa shape index (κ1) is 17.2. The van der Waals surface area contributed by atoms with Crippen molar-refractivity contribution in [2.75, 3.05) is 12.4 Å². The summed E-state index contributed by atoms with van der Waals surface area (Å²) in [4.78, 5) is 27.9. The lowest BCUT2D eigenvalue weighted by Gasteiger charge is -2.10. The molecule has 0 radical (unpaired) electrons. The highest BCUT2D eigenvalue weighted by molar-refractivity contribution is 5.98. The highest BCUT2D eigenvalue weighted by Crippen LogP contribution is 2.26. The van der Waals surface area contributed by atoms with Crippen molar-refractivity contribution in [2.45, 2.75) is 6.42 Å². The summed E-state index contributed by atoms with van der Waals surface area (Å²) in [5.41, 5.74) is 7.23. The Morgan fingerprint density at radius 2 is 1.96 bits per heavy atom. The fraction of sp³-hybridized carbons (Fsp3) is 0.105. The van der Waals surface area contributed by atoms with E-state index in [0.29, 0.717) is 23.0 Å². The van der Waals surface area contributed by atoms with E-state index in [2.05, 4.69) is 10.3 Å². The van der Waals surface area contributed by atoms with Gasteiger partial charge in [-0.05, 0) is 30.3 Å². The van der Waals surface area contributed by atoms with Crippen LogP contribution >= 0.6 is 0 Å². The molecule has 26 heavy (non-hydrogen) atoms. The summed E-state index contributed by atoms with van der Waals surface area (Å²) in [5, 5.41) is 2.70. The number of amides is 2. The fourth-order valence-corrected chi connectivity index (χ4v) is 2.42. The van der Waals surface area contributed by atoms with Crippen molar-refractivity contribution in [3.05, 3.63) is 66.1 Å². The Labute approximate surface area is 149 Å². The molecule has 1 aromatic heterocycles. The molecule has 2 amide bonds. The number of rotatable bonds is 6. The minimum Gasteiger partial charge on any atom is -0.495 e. The van der Waals surface area contributed by atoms with Gasteiger partial charge in [0.1, 0.15) is 12.0 Å². The van der Waals surface area contributed by atoms with Gasteiger partial charge in [-0.15, -0.1) is 0 Å². The minimum absolute atomic E-state index is 0.0142. The zero-order chi connectivity index (χ0) is 18.5. The van der Waals surface area contributed by atoms with Crippen LogP contribution in [0.15, 0.2) is 59.2 Å². The van der Waals surface area contributed by atoms with E-state index in [-0.39, 0.29) is 17.9 Å². The van der Waals surface area contributed by atoms with Crippen molar-refractivity contribution in [3.63, 3.8) is 0 Å². The number of nitrogens with zero attached hydrogens (tertiary/aromatic N) is 1. The van der Waals surface area contributed by atoms with Crippen LogP contribution in [0.25, 0.3) is 11.5 Å². The second-order valence-electron chi connectivity index (χ2n) is 5.51. The Balaban J connectivity index is 1.73. The summed E-state index contributed by atoms with van der Waals surface area (Å²) in [6.07, 6.45) is 1.46. The van der Waals surface area contributed by atoms with Crippen LogP contribution in [0.5, 0.6) is 5.75 Å². The zero-order valence-corrected chi connectivity index (χ0v) is 14.1. The molecule has 3 N–H and O–H groups in total. The van der Waals surface area contributed by atoms with Crippen molar-refractivity contribution in [1.82, 2.24) is 4.98 Å². The maximum Gasteiger partial charge on any atom is 0.248 e. The fourth-order valence-electron chi connectivity index (χ4n) is 2.42. The summed E-state index contributed by atoms with van der Waals surface area (Å²) in [7, 11) is 1.47. The molecular formula is C19H17N3O4. The van der Waals surface area contributed by atoms with Crippen LogP contribution in [-0.4, -0.2) is 23.9 Å². The average Bonchev–Trinajstić information content (AvgIpc) is 3.10. The molecule has 7 nitrogen and oxygen atoms in total. The Bertz CT molecular complexity index is 935. The van der Waals surface area contributed by atoms with Gasteiger partial charge >= 0.3 is 0 Å². The van der Waals surface area contributed by atoms with Crippen LogP contribution in [-0.2, 0) is 11.2 Å². The summed E-state index contributed by atoms with van der Waals surface area (Å²) in [6, 6.07) is 14.0. The number of benzene rings is 2. The molecule has 0 aliphatic rings. The lowest BCUT2D eigenvalue weighted by atomic mass is 10.1. The van der Waals surface area contributed by atoms with Crippen LogP contribution in [0.3, 0.4) is 0 Å². The largest absolute Gasteiger partial charge is 0.495 e. The topological polar surface area (TPSA) is 107 Å². The number of hydrogen-bond acceptors (Lipinski definition) is 5. The Morgan fingerprint density at radius 3 is 2.65 bits per heavy atom. The molecule has 0 unspecified atom stereocenters. The van der Waals surface area contributed by atoms with E-state index in [1.807, 2.05) is 30.3 Å². The Kier molecular flexibility index (Phi) is 4.98. The van der Waals surface area contributed by atoms with Gasteiger partial charge in [-0.3, -0.25) is 9.59 Å². The van der Waals surface area contributed by atoms with Crippen molar-refractivity contribution in [2.24, 2.45) is 5.73 Å². The highest BCUT2D eigenvalue weighted by Gasteiger charge is 2.14. The van der Waals surface area contributed by atoms with Crippen molar-refractivity contribution in [3.8, 4) is 17.2 Å². The normalized spacial score (nSPS) is 10.3. The Morgan fingerprint density at radius 1 is 1.19 bits per heavy atom. The maximum absolute atomic E-state index is 12.3. The van der Waals surface area contributed by atoms with Gasteiger partial charge in [0.25, 0.3) is 0 Å². The molecule has 0 bridgehead atoms. The first-order chi connectivity index (χ1) is 12.6. The number of primary amides is 1. The number of ether oxygens (including phenoxy) is 1. The predicted octanol–water partition coefficient (Wildman–Crippen LogP) is 2.63. The molecule has 1 heterocycles. The number of nitrogens with two attached hydrogens (primary N) is 1. The number of methoxy groups -OCH3 is 1. The third-order valence-electron chi connectivity index (χ3n) is 3.67. The van der Waals surface area contributed by atoms with Gasteiger partial charge in [0.05, 0.1) is 24.9 Å². The van der Waals surface area contributed by atoms with Gasteiger partial charge in [-0.25, -0.2) is 4.98 Å². The molecule has 0 saturated carbocycles. The second kappa shape index (κ2) is 7.52. The molecule has 0 atom stereocenters. The zero-order valence-electron chi connectivity index (χ0n) is 14.1. The van der Waals surface area contributed by atoms with Gasteiger partial charge in [0, 0.05) is 11.1 Å². The molecule has 0 aliphatic heterocycles. The molecule has 0 spiro atoms. The molecular weight excluding hydrogens is 334 g/mol. The van der Waals surface area contributed by atoms with E-state index in [1.54, 1.807) is 6.07 Å². The van der Waals surface area contributed by atoms with Crippen LogP contribution in [0, 0.1) is 0 Å². The number of anilines is 1. The monoisotopic (exact) mass is 351 g/mol. The van der Waals surface area contributed by atoms with E-state index in [1.165, 1.54) is 25.5 Å². The van der Waals surface area contributed by atoms with Crippen molar-refractivity contribution in [1.29, 1.82) is 0 Å². The number of oxazole rings is 1. The molecule has 3 aromatic rings. The lowest BCUT2D eigenvalue weighted by Crippen LogP contribution is -2.17. The summed E-state index contributed by atoms with van der Waals surface area (Å²) in [6.45, 7) is 0. The summed E-state index contributed by atoms with van der Waals surface area (Å²) >= 11 is 0. The average molecular weight is 351 g/mol. The molecule has 0 fully saturated rings.